The summed E-state index contributed by atoms with van der Waals surface area (Å²) >= 11 is 7.58. The van der Waals surface area contributed by atoms with Crippen LogP contribution in [0, 0.1) is 0 Å². The van der Waals surface area contributed by atoms with Crippen LogP contribution < -0.4 is 5.32 Å². The fourth-order valence-electron chi connectivity index (χ4n) is 2.70. The number of halogens is 1. The molecule has 0 spiro atoms. The predicted octanol–water partition coefficient (Wildman–Crippen LogP) is 2.52. The molecule has 0 aliphatic carbocycles. The van der Waals surface area contributed by atoms with Gasteiger partial charge in [0.15, 0.2) is 0 Å². The molecule has 1 atom stereocenters. The van der Waals surface area contributed by atoms with Gasteiger partial charge < -0.3 is 10.2 Å². The summed E-state index contributed by atoms with van der Waals surface area (Å²) in [6, 6.07) is 4.81. The number of hydrogen-bond donors (Lipinski definition) is 1. The van der Waals surface area contributed by atoms with E-state index in [9.17, 15) is 0 Å². The first-order valence-corrected chi connectivity index (χ1v) is 8.18. The summed E-state index contributed by atoms with van der Waals surface area (Å²) in [7, 11) is 4.32. The number of hydrogen-bond acceptors (Lipinski definition) is 4. The van der Waals surface area contributed by atoms with Gasteiger partial charge in [0.05, 0.1) is 4.34 Å². The zero-order chi connectivity index (χ0) is 13.7. The van der Waals surface area contributed by atoms with Crippen molar-refractivity contribution < 1.29 is 0 Å². The Morgan fingerprint density at radius 2 is 2.32 bits per heavy atom. The SMILES string of the molecule is CN(C)CC1CCCN1CCNCc1ccc(Cl)s1. The molecule has 19 heavy (non-hydrogen) atoms. The summed E-state index contributed by atoms with van der Waals surface area (Å²) in [5.41, 5.74) is 0. The highest BCUT2D eigenvalue weighted by Gasteiger charge is 2.23. The Kier molecular flexibility index (Phi) is 6.10. The number of nitrogens with one attached hydrogen (secondary N) is 1. The minimum atomic E-state index is 0.744. The number of likely N-dealkylation sites (tertiary alicyclic amines) is 1. The maximum atomic E-state index is 5.92. The lowest BCUT2D eigenvalue weighted by atomic mass is 10.2. The van der Waals surface area contributed by atoms with Gasteiger partial charge in [-0.1, -0.05) is 11.6 Å². The van der Waals surface area contributed by atoms with E-state index in [2.05, 4.69) is 35.3 Å². The summed E-state index contributed by atoms with van der Waals surface area (Å²) in [6.45, 7) is 5.58. The Bertz CT molecular complexity index is 381. The van der Waals surface area contributed by atoms with Crippen LogP contribution in [0.3, 0.4) is 0 Å². The smallest absolute Gasteiger partial charge is 0.0931 e. The Hall–Kier alpha value is -0.130. The molecular weight excluding hydrogens is 278 g/mol. The van der Waals surface area contributed by atoms with Crippen molar-refractivity contribution in [2.75, 3.05) is 40.3 Å². The molecule has 0 radical (unpaired) electrons. The minimum absolute atomic E-state index is 0.744. The van der Waals surface area contributed by atoms with Crippen LogP contribution in [0.25, 0.3) is 0 Å². The topological polar surface area (TPSA) is 18.5 Å². The highest BCUT2D eigenvalue weighted by atomic mass is 35.5. The summed E-state index contributed by atoms with van der Waals surface area (Å²) in [5, 5.41) is 3.51. The lowest BCUT2D eigenvalue weighted by Gasteiger charge is -2.27. The normalized spacial score (nSPS) is 20.5. The Morgan fingerprint density at radius 3 is 3.00 bits per heavy atom. The van der Waals surface area contributed by atoms with Gasteiger partial charge in [-0.05, 0) is 45.6 Å². The van der Waals surface area contributed by atoms with Crippen molar-refractivity contribution in [2.24, 2.45) is 0 Å². The van der Waals surface area contributed by atoms with Gasteiger partial charge in [-0.15, -0.1) is 11.3 Å². The number of likely N-dealkylation sites (N-methyl/N-ethyl adjacent to an activating group) is 1. The number of nitrogens with zero attached hydrogens (tertiary/aromatic N) is 2. The first-order chi connectivity index (χ1) is 9.15. The third-order valence-corrected chi connectivity index (χ3v) is 4.81. The van der Waals surface area contributed by atoms with Gasteiger partial charge in [0, 0.05) is 37.1 Å². The molecule has 2 heterocycles. The summed E-state index contributed by atoms with van der Waals surface area (Å²) in [5.74, 6) is 0. The van der Waals surface area contributed by atoms with Crippen LogP contribution in [0.4, 0.5) is 0 Å². The zero-order valence-electron chi connectivity index (χ0n) is 11.9. The van der Waals surface area contributed by atoms with Crippen molar-refractivity contribution in [1.29, 1.82) is 0 Å². The van der Waals surface area contributed by atoms with Crippen LogP contribution in [0.2, 0.25) is 4.34 Å². The van der Waals surface area contributed by atoms with E-state index in [1.165, 1.54) is 30.8 Å². The zero-order valence-corrected chi connectivity index (χ0v) is 13.4. The highest BCUT2D eigenvalue weighted by Crippen LogP contribution is 2.21. The second kappa shape index (κ2) is 7.60. The van der Waals surface area contributed by atoms with E-state index in [1.807, 2.05) is 6.07 Å². The molecule has 5 heteroatoms. The van der Waals surface area contributed by atoms with E-state index >= 15 is 0 Å². The van der Waals surface area contributed by atoms with Crippen LogP contribution >= 0.6 is 22.9 Å². The van der Waals surface area contributed by atoms with E-state index in [0.29, 0.717) is 0 Å². The molecule has 0 aromatic carbocycles. The third-order valence-electron chi connectivity index (χ3n) is 3.58. The van der Waals surface area contributed by atoms with E-state index in [1.54, 1.807) is 11.3 Å². The number of thiophene rings is 1. The quantitative estimate of drug-likeness (QED) is 0.781. The first kappa shape index (κ1) is 15.3. The highest BCUT2D eigenvalue weighted by molar-refractivity contribution is 7.16. The molecule has 1 unspecified atom stereocenters. The largest absolute Gasteiger partial charge is 0.311 e. The average molecular weight is 302 g/mol. The van der Waals surface area contributed by atoms with Gasteiger partial charge >= 0.3 is 0 Å². The monoisotopic (exact) mass is 301 g/mol. The van der Waals surface area contributed by atoms with Gasteiger partial charge in [-0.3, -0.25) is 4.90 Å². The molecule has 1 aromatic heterocycles. The van der Waals surface area contributed by atoms with Crippen molar-refractivity contribution in [3.05, 3.63) is 21.3 Å². The van der Waals surface area contributed by atoms with Crippen LogP contribution in [0.15, 0.2) is 12.1 Å². The lowest BCUT2D eigenvalue weighted by Crippen LogP contribution is -2.40. The summed E-state index contributed by atoms with van der Waals surface area (Å²) in [4.78, 5) is 6.23. The number of rotatable bonds is 7. The molecule has 0 saturated carbocycles. The Morgan fingerprint density at radius 1 is 1.47 bits per heavy atom. The maximum Gasteiger partial charge on any atom is 0.0931 e. The Labute approximate surface area is 125 Å². The molecule has 1 aliphatic heterocycles. The second-order valence-corrected chi connectivity index (χ2v) is 7.28. The molecule has 2 rings (SSSR count). The molecule has 0 bridgehead atoms. The molecule has 1 aliphatic rings. The molecule has 1 fully saturated rings. The lowest BCUT2D eigenvalue weighted by molar-refractivity contribution is 0.208. The van der Waals surface area contributed by atoms with Gasteiger partial charge in [0.25, 0.3) is 0 Å². The van der Waals surface area contributed by atoms with Gasteiger partial charge in [0.2, 0.25) is 0 Å². The van der Waals surface area contributed by atoms with Gasteiger partial charge in [-0.2, -0.15) is 0 Å². The molecule has 0 amide bonds. The van der Waals surface area contributed by atoms with Crippen molar-refractivity contribution in [3.8, 4) is 0 Å². The standard InChI is InChI=1S/C14H24ClN3S/c1-17(2)11-12-4-3-8-18(12)9-7-16-10-13-5-6-14(15)19-13/h5-6,12,16H,3-4,7-11H2,1-2H3. The second-order valence-electron chi connectivity index (χ2n) is 5.48. The van der Waals surface area contributed by atoms with E-state index in [-0.39, 0.29) is 0 Å². The third kappa shape index (κ3) is 5.04. The van der Waals surface area contributed by atoms with E-state index < -0.39 is 0 Å². The van der Waals surface area contributed by atoms with Crippen LogP contribution in [0.1, 0.15) is 17.7 Å². The van der Waals surface area contributed by atoms with E-state index in [0.717, 1.165) is 30.0 Å². The molecule has 1 N–H and O–H groups in total. The molecule has 1 saturated heterocycles. The van der Waals surface area contributed by atoms with Crippen LogP contribution in [0.5, 0.6) is 0 Å². The van der Waals surface area contributed by atoms with Crippen LogP contribution in [-0.2, 0) is 6.54 Å². The molecule has 1 aromatic rings. The van der Waals surface area contributed by atoms with Crippen LogP contribution in [-0.4, -0.2) is 56.1 Å². The van der Waals surface area contributed by atoms with Crippen molar-refractivity contribution in [1.82, 2.24) is 15.1 Å². The predicted molar refractivity (Wildman–Crippen MR) is 84.2 cm³/mol. The van der Waals surface area contributed by atoms with Crippen molar-refractivity contribution >= 4 is 22.9 Å². The Balaban J connectivity index is 1.64. The fraction of sp³-hybridized carbons (Fsp3) is 0.714. The van der Waals surface area contributed by atoms with E-state index in [4.69, 9.17) is 11.6 Å². The van der Waals surface area contributed by atoms with Crippen molar-refractivity contribution in [2.45, 2.75) is 25.4 Å². The maximum absolute atomic E-state index is 5.92. The van der Waals surface area contributed by atoms with Gasteiger partial charge in [-0.25, -0.2) is 0 Å². The van der Waals surface area contributed by atoms with Gasteiger partial charge in [0.1, 0.15) is 0 Å². The molecule has 108 valence electrons. The summed E-state index contributed by atoms with van der Waals surface area (Å²) in [6.07, 6.45) is 2.69. The molecular formula is C14H24ClN3S. The fourth-order valence-corrected chi connectivity index (χ4v) is 3.76. The molecule has 3 nitrogen and oxygen atoms in total. The van der Waals surface area contributed by atoms with Crippen molar-refractivity contribution in [3.63, 3.8) is 0 Å². The minimum Gasteiger partial charge on any atom is -0.311 e. The first-order valence-electron chi connectivity index (χ1n) is 6.99. The summed E-state index contributed by atoms with van der Waals surface area (Å²) < 4.78 is 0.877. The average Bonchev–Trinajstić information content (AvgIpc) is 2.94.